The molecule has 2 N–H and O–H groups in total. The van der Waals surface area contributed by atoms with Gasteiger partial charge in [-0.05, 0) is 26.0 Å². The lowest BCUT2D eigenvalue weighted by Crippen LogP contribution is -2.10. The van der Waals surface area contributed by atoms with E-state index in [4.69, 9.17) is 24.4 Å². The first-order valence-corrected chi connectivity index (χ1v) is 10.8. The highest BCUT2D eigenvalue weighted by Gasteiger charge is 2.25. The van der Waals surface area contributed by atoms with Crippen LogP contribution >= 0.6 is 11.3 Å². The third-order valence-corrected chi connectivity index (χ3v) is 6.03. The van der Waals surface area contributed by atoms with E-state index < -0.39 is 17.8 Å². The first-order chi connectivity index (χ1) is 15.8. The fourth-order valence-corrected chi connectivity index (χ4v) is 4.62. The normalized spacial score (nSPS) is 11.3. The molecule has 0 amide bonds. The second-order valence-corrected chi connectivity index (χ2v) is 8.04. The van der Waals surface area contributed by atoms with Gasteiger partial charge in [0.15, 0.2) is 12.4 Å². The molecular weight excluding hydrogens is 453 g/mol. The molecule has 0 atom stereocenters. The van der Waals surface area contributed by atoms with Crippen LogP contribution in [0.4, 0.5) is 10.2 Å². The van der Waals surface area contributed by atoms with Gasteiger partial charge in [0.25, 0.3) is 0 Å². The van der Waals surface area contributed by atoms with Gasteiger partial charge in [-0.2, -0.15) is 4.98 Å². The summed E-state index contributed by atoms with van der Waals surface area (Å²) in [5.41, 5.74) is 6.69. The number of rotatable bonds is 7. The number of aromatic nitrogens is 2. The van der Waals surface area contributed by atoms with E-state index in [0.29, 0.717) is 15.6 Å². The number of halogens is 1. The minimum Gasteiger partial charge on any atom is -0.462 e. The largest absolute Gasteiger partial charge is 0.462 e. The maximum Gasteiger partial charge on any atom is 0.349 e. The Labute approximate surface area is 191 Å². The van der Waals surface area contributed by atoms with Crippen molar-refractivity contribution in [2.75, 3.05) is 19.5 Å². The summed E-state index contributed by atoms with van der Waals surface area (Å²) >= 11 is 1.11. The number of anilines is 1. The van der Waals surface area contributed by atoms with Crippen LogP contribution < -0.4 is 5.73 Å². The Morgan fingerprint density at radius 2 is 1.94 bits per heavy atom. The van der Waals surface area contributed by atoms with Gasteiger partial charge in [0.2, 0.25) is 5.71 Å². The van der Waals surface area contributed by atoms with E-state index in [1.165, 1.54) is 13.2 Å². The Morgan fingerprint density at radius 3 is 2.67 bits per heavy atom. The minimum absolute atomic E-state index is 0.00467. The van der Waals surface area contributed by atoms with E-state index in [0.717, 1.165) is 11.3 Å². The molecule has 0 spiro atoms. The fraction of sp³-hybridized carbons (Fsp3) is 0.273. The Bertz CT molecular complexity index is 1380. The number of thiophene rings is 1. The maximum absolute atomic E-state index is 14.4. The molecule has 11 heteroatoms. The lowest BCUT2D eigenvalue weighted by Gasteiger charge is -2.06. The number of nitrogens with zero attached hydrogens (tertiary/aromatic N) is 2. The predicted molar refractivity (Wildman–Crippen MR) is 119 cm³/mol. The summed E-state index contributed by atoms with van der Waals surface area (Å²) in [5.74, 6) is -1.34. The molecule has 0 aliphatic heterocycles. The van der Waals surface area contributed by atoms with E-state index in [-0.39, 0.29) is 58.8 Å². The molecular formula is C22H20FN3O6S. The molecule has 0 aliphatic rings. The number of benzene rings is 1. The molecule has 0 saturated carbocycles. The SMILES string of the molecule is CCOC(=O)c1c(C)oc2nc(COC(=O)c3sc4cccc(F)c4c3COC)nc(N)c12. The molecule has 172 valence electrons. The first kappa shape index (κ1) is 22.6. The Morgan fingerprint density at radius 1 is 1.15 bits per heavy atom. The number of aryl methyl sites for hydroxylation is 1. The van der Waals surface area contributed by atoms with Gasteiger partial charge in [-0.3, -0.25) is 0 Å². The maximum atomic E-state index is 14.4. The monoisotopic (exact) mass is 473 g/mol. The topological polar surface area (TPSA) is 127 Å². The van der Waals surface area contributed by atoms with Gasteiger partial charge in [0.1, 0.15) is 27.8 Å². The van der Waals surface area contributed by atoms with Crippen LogP contribution in [0.2, 0.25) is 0 Å². The van der Waals surface area contributed by atoms with E-state index in [1.807, 2.05) is 0 Å². The quantitative estimate of drug-likeness (QED) is 0.394. The van der Waals surface area contributed by atoms with Gasteiger partial charge in [-0.1, -0.05) is 6.07 Å². The lowest BCUT2D eigenvalue weighted by atomic mass is 10.1. The standard InChI is InChI=1S/C22H20FN3O6S/c1-4-30-21(27)15-10(2)32-20-17(15)19(24)25-14(26-20)9-31-22(28)18-11(8-29-3)16-12(23)6-5-7-13(16)33-18/h5-7H,4,8-9H2,1-3H3,(H2,24,25,26). The molecule has 1 aromatic carbocycles. The Kier molecular flexibility index (Phi) is 6.25. The van der Waals surface area contributed by atoms with Crippen molar-refractivity contribution in [1.82, 2.24) is 9.97 Å². The van der Waals surface area contributed by atoms with Crippen LogP contribution in [0.1, 0.15) is 44.1 Å². The molecule has 0 bridgehead atoms. The summed E-state index contributed by atoms with van der Waals surface area (Å²) in [6, 6.07) is 4.61. The lowest BCUT2D eigenvalue weighted by molar-refractivity contribution is 0.0463. The number of nitrogens with two attached hydrogens (primary N) is 1. The summed E-state index contributed by atoms with van der Waals surface area (Å²) in [4.78, 5) is 33.6. The Balaban J connectivity index is 1.62. The molecule has 0 unspecified atom stereocenters. The average Bonchev–Trinajstić information content (AvgIpc) is 3.31. The summed E-state index contributed by atoms with van der Waals surface area (Å²) in [6.45, 7) is 3.20. The summed E-state index contributed by atoms with van der Waals surface area (Å²) in [7, 11) is 1.46. The number of esters is 2. The minimum atomic E-state index is -0.673. The van der Waals surface area contributed by atoms with Crippen LogP contribution in [0, 0.1) is 12.7 Å². The average molecular weight is 473 g/mol. The highest BCUT2D eigenvalue weighted by Crippen LogP contribution is 2.34. The van der Waals surface area contributed by atoms with Crippen molar-refractivity contribution in [3.05, 3.63) is 51.6 Å². The number of carbonyl (C=O) groups excluding carboxylic acids is 2. The van der Waals surface area contributed by atoms with Crippen molar-refractivity contribution in [3.8, 4) is 0 Å². The van der Waals surface area contributed by atoms with Crippen LogP contribution in [-0.4, -0.2) is 35.6 Å². The third kappa shape index (κ3) is 4.12. The van der Waals surface area contributed by atoms with Crippen LogP contribution in [-0.2, 0) is 27.4 Å². The molecule has 0 aliphatic carbocycles. The molecule has 9 nitrogen and oxygen atoms in total. The molecule has 33 heavy (non-hydrogen) atoms. The number of hydrogen-bond acceptors (Lipinski definition) is 10. The van der Waals surface area contributed by atoms with Crippen molar-refractivity contribution in [3.63, 3.8) is 0 Å². The fourth-order valence-electron chi connectivity index (χ4n) is 3.51. The van der Waals surface area contributed by atoms with E-state index in [1.54, 1.807) is 26.0 Å². The summed E-state index contributed by atoms with van der Waals surface area (Å²) < 4.78 is 36.1. The summed E-state index contributed by atoms with van der Waals surface area (Å²) in [5, 5.41) is 0.569. The van der Waals surface area contributed by atoms with Crippen molar-refractivity contribution in [1.29, 1.82) is 0 Å². The van der Waals surface area contributed by atoms with Gasteiger partial charge < -0.3 is 24.4 Å². The number of nitrogen functional groups attached to an aromatic ring is 1. The molecule has 3 aromatic heterocycles. The highest BCUT2D eigenvalue weighted by molar-refractivity contribution is 7.21. The van der Waals surface area contributed by atoms with Crippen LogP contribution in [0.25, 0.3) is 21.2 Å². The number of carbonyl (C=O) groups is 2. The van der Waals surface area contributed by atoms with Crippen LogP contribution in [0.15, 0.2) is 22.6 Å². The first-order valence-electron chi connectivity index (χ1n) is 9.94. The summed E-state index contributed by atoms with van der Waals surface area (Å²) in [6.07, 6.45) is 0. The van der Waals surface area contributed by atoms with E-state index in [9.17, 15) is 14.0 Å². The van der Waals surface area contributed by atoms with Crippen molar-refractivity contribution in [2.45, 2.75) is 27.1 Å². The smallest absolute Gasteiger partial charge is 0.349 e. The predicted octanol–water partition coefficient (Wildman–Crippen LogP) is 4.15. The van der Waals surface area contributed by atoms with Crippen LogP contribution in [0.3, 0.4) is 0 Å². The molecule has 4 rings (SSSR count). The van der Waals surface area contributed by atoms with E-state index in [2.05, 4.69) is 9.97 Å². The van der Waals surface area contributed by atoms with Gasteiger partial charge in [-0.15, -0.1) is 11.3 Å². The number of furan rings is 1. The van der Waals surface area contributed by atoms with Gasteiger partial charge in [0, 0.05) is 22.8 Å². The van der Waals surface area contributed by atoms with Crippen molar-refractivity contribution in [2.24, 2.45) is 0 Å². The number of fused-ring (bicyclic) bond motifs is 2. The van der Waals surface area contributed by atoms with Crippen molar-refractivity contribution < 1.29 is 32.6 Å². The molecule has 0 fully saturated rings. The second-order valence-electron chi connectivity index (χ2n) is 6.99. The molecule has 0 saturated heterocycles. The van der Waals surface area contributed by atoms with Gasteiger partial charge in [0.05, 0.1) is 18.6 Å². The third-order valence-electron chi connectivity index (χ3n) is 4.85. The highest BCUT2D eigenvalue weighted by atomic mass is 32.1. The zero-order valence-corrected chi connectivity index (χ0v) is 18.9. The van der Waals surface area contributed by atoms with Crippen LogP contribution in [0.5, 0.6) is 0 Å². The van der Waals surface area contributed by atoms with Gasteiger partial charge >= 0.3 is 11.9 Å². The zero-order chi connectivity index (χ0) is 23.7. The number of hydrogen-bond donors (Lipinski definition) is 1. The van der Waals surface area contributed by atoms with Gasteiger partial charge in [-0.25, -0.2) is 19.0 Å². The number of ether oxygens (including phenoxy) is 3. The molecule has 4 aromatic rings. The zero-order valence-electron chi connectivity index (χ0n) is 18.1. The Hall–Kier alpha value is -3.57. The molecule has 3 heterocycles. The van der Waals surface area contributed by atoms with E-state index >= 15 is 0 Å². The second kappa shape index (κ2) is 9.12. The van der Waals surface area contributed by atoms with Crippen molar-refractivity contribution >= 4 is 50.3 Å². The number of methoxy groups -OCH3 is 1. The molecule has 0 radical (unpaired) electrons.